The fraction of sp³-hybridized carbons (Fsp3) is 0.357. The van der Waals surface area contributed by atoms with Crippen LogP contribution in [0.15, 0.2) is 36.4 Å². The Balaban J connectivity index is 1.71. The van der Waals surface area contributed by atoms with Crippen LogP contribution in [0, 0.1) is 0 Å². The molecule has 0 spiro atoms. The van der Waals surface area contributed by atoms with Gasteiger partial charge in [0.1, 0.15) is 12.1 Å². The predicted molar refractivity (Wildman–Crippen MR) is 156 cm³/mol. The summed E-state index contributed by atoms with van der Waals surface area (Å²) in [7, 11) is 0. The number of anilines is 2. The van der Waals surface area contributed by atoms with Gasteiger partial charge in [-0.1, -0.05) is 0 Å². The smallest absolute Gasteiger partial charge is 0.246 e. The van der Waals surface area contributed by atoms with Crippen molar-refractivity contribution < 1.29 is 28.8 Å². The van der Waals surface area contributed by atoms with Gasteiger partial charge in [0, 0.05) is 33.6 Å². The van der Waals surface area contributed by atoms with E-state index in [9.17, 15) is 28.8 Å². The molecule has 14 nitrogen and oxygen atoms in total. The lowest BCUT2D eigenvalue weighted by Gasteiger charge is -2.21. The minimum absolute atomic E-state index is 0.0916. The van der Waals surface area contributed by atoms with Crippen molar-refractivity contribution in [2.75, 3.05) is 23.7 Å². The van der Waals surface area contributed by atoms with Crippen LogP contribution in [0.1, 0.15) is 58.5 Å². The number of rotatable bonds is 12. The molecule has 0 aliphatic heterocycles. The van der Waals surface area contributed by atoms with Crippen molar-refractivity contribution in [3.63, 3.8) is 0 Å². The van der Waals surface area contributed by atoms with Crippen LogP contribution in [0.2, 0.25) is 0 Å². The molecule has 2 aromatic rings. The van der Waals surface area contributed by atoms with Crippen LogP contribution in [-0.4, -0.2) is 72.5 Å². The number of carbonyl (C=O) groups excluding carboxylic acids is 6. The van der Waals surface area contributed by atoms with Crippen LogP contribution in [0.4, 0.5) is 11.4 Å². The summed E-state index contributed by atoms with van der Waals surface area (Å²) in [5, 5.41) is 10.3. The van der Waals surface area contributed by atoms with Crippen molar-refractivity contribution in [1.29, 1.82) is 0 Å². The number of nitrogens with two attached hydrogens (primary N) is 4. The first-order valence-electron chi connectivity index (χ1n) is 13.4. The molecule has 12 N–H and O–H groups in total. The molecule has 0 aromatic heterocycles. The van der Waals surface area contributed by atoms with E-state index in [0.29, 0.717) is 0 Å². The van der Waals surface area contributed by atoms with Gasteiger partial charge in [-0.05, 0) is 76.2 Å². The lowest BCUT2D eigenvalue weighted by Crippen LogP contribution is -2.49. The van der Waals surface area contributed by atoms with Crippen LogP contribution in [-0.2, 0) is 19.2 Å². The molecule has 2 aromatic carbocycles. The lowest BCUT2D eigenvalue weighted by molar-refractivity contribution is -0.127. The summed E-state index contributed by atoms with van der Waals surface area (Å²) in [4.78, 5) is 76.0. The molecule has 42 heavy (non-hydrogen) atoms. The van der Waals surface area contributed by atoms with Gasteiger partial charge in [-0.15, -0.1) is 0 Å². The molecule has 14 heteroatoms. The Morgan fingerprint density at radius 3 is 1.31 bits per heavy atom. The summed E-state index contributed by atoms with van der Waals surface area (Å²) in [6, 6.07) is 5.00. The van der Waals surface area contributed by atoms with Crippen molar-refractivity contribution in [1.82, 2.24) is 10.6 Å². The Morgan fingerprint density at radius 1 is 0.619 bits per heavy atom. The normalized spacial score (nSPS) is 14.9. The topological polar surface area (TPSA) is 255 Å². The number of nitrogens with one attached hydrogen (secondary N) is 4. The molecular formula is C28H36N8O6. The molecule has 3 rings (SSSR count). The standard InChI is InChI=1S/C28H36N8O6/c1-13(33-27(41)21(31)7-9-29)25(39)35-15-3-5-17-19(11-15)23(37)18-6-4-16(12-20(18)24(17)38)36-26(40)14(2)34-28(42)22(32)8-10-30/h3-6,11-14,21-22H,7-10,29-32H2,1-2H3,(H,33,41)(H,34,42)(H,35,39)(H,36,40)/t13-,14-,21?,22?/m0/s1. The second-order valence-electron chi connectivity index (χ2n) is 9.99. The number of hydrogen-bond acceptors (Lipinski definition) is 10. The quantitative estimate of drug-likeness (QED) is 0.126. The van der Waals surface area contributed by atoms with Crippen molar-refractivity contribution in [2.45, 2.75) is 50.9 Å². The summed E-state index contributed by atoms with van der Waals surface area (Å²) in [6.45, 7) is 3.40. The van der Waals surface area contributed by atoms with Gasteiger partial charge < -0.3 is 44.2 Å². The Hall–Kier alpha value is -4.50. The molecule has 0 bridgehead atoms. The van der Waals surface area contributed by atoms with Crippen LogP contribution in [0.25, 0.3) is 0 Å². The third-order valence-electron chi connectivity index (χ3n) is 6.69. The van der Waals surface area contributed by atoms with Gasteiger partial charge >= 0.3 is 0 Å². The summed E-state index contributed by atoms with van der Waals surface area (Å²) in [6.07, 6.45) is 0.525. The highest BCUT2D eigenvalue weighted by Gasteiger charge is 2.31. The third kappa shape index (κ3) is 7.41. The van der Waals surface area contributed by atoms with Crippen LogP contribution >= 0.6 is 0 Å². The maximum Gasteiger partial charge on any atom is 0.246 e. The van der Waals surface area contributed by atoms with Crippen LogP contribution in [0.5, 0.6) is 0 Å². The van der Waals surface area contributed by atoms with E-state index in [1.165, 1.54) is 50.2 Å². The van der Waals surface area contributed by atoms with Gasteiger partial charge in [0.2, 0.25) is 23.6 Å². The number of ketones is 2. The van der Waals surface area contributed by atoms with Gasteiger partial charge in [0.25, 0.3) is 0 Å². The Bertz CT molecular complexity index is 1310. The average Bonchev–Trinajstić information content (AvgIpc) is 2.95. The highest BCUT2D eigenvalue weighted by molar-refractivity contribution is 6.29. The fourth-order valence-corrected chi connectivity index (χ4v) is 4.20. The molecule has 1 aliphatic carbocycles. The fourth-order valence-electron chi connectivity index (χ4n) is 4.20. The molecule has 2 unspecified atom stereocenters. The number of carbonyl (C=O) groups is 6. The summed E-state index contributed by atoms with van der Waals surface area (Å²) in [5.41, 5.74) is 23.2. The number of hydrogen-bond donors (Lipinski definition) is 8. The van der Waals surface area contributed by atoms with Crippen LogP contribution < -0.4 is 44.2 Å². The molecule has 4 amide bonds. The van der Waals surface area contributed by atoms with Crippen LogP contribution in [0.3, 0.4) is 0 Å². The van der Waals surface area contributed by atoms with E-state index in [2.05, 4.69) is 21.3 Å². The second-order valence-corrected chi connectivity index (χ2v) is 9.99. The SMILES string of the molecule is C[C@H](NC(=O)C(N)CCN)C(=O)Nc1ccc2c(c1)C(=O)c1ccc(NC(=O)[C@H](C)NC(=O)C(N)CCN)cc1C2=O. The van der Waals surface area contributed by atoms with Crippen molar-refractivity contribution in [3.8, 4) is 0 Å². The van der Waals surface area contributed by atoms with Crippen molar-refractivity contribution >= 4 is 46.6 Å². The molecule has 224 valence electrons. The first kappa shape index (κ1) is 32.0. The van der Waals surface area contributed by atoms with E-state index in [4.69, 9.17) is 22.9 Å². The van der Waals surface area contributed by atoms with E-state index >= 15 is 0 Å². The molecule has 0 saturated carbocycles. The first-order valence-corrected chi connectivity index (χ1v) is 13.4. The van der Waals surface area contributed by atoms with E-state index in [1.807, 2.05) is 0 Å². The molecular weight excluding hydrogens is 544 g/mol. The minimum Gasteiger partial charge on any atom is -0.343 e. The largest absolute Gasteiger partial charge is 0.343 e. The van der Waals surface area contributed by atoms with E-state index in [1.54, 1.807) is 0 Å². The average molecular weight is 581 g/mol. The molecule has 0 heterocycles. The lowest BCUT2D eigenvalue weighted by atomic mass is 9.83. The summed E-state index contributed by atoms with van der Waals surface area (Å²) in [5.74, 6) is -3.04. The Labute approximate surface area is 242 Å². The monoisotopic (exact) mass is 580 g/mol. The van der Waals surface area contributed by atoms with Gasteiger partial charge in [0.15, 0.2) is 11.6 Å². The van der Waals surface area contributed by atoms with Gasteiger partial charge in [-0.2, -0.15) is 0 Å². The van der Waals surface area contributed by atoms with E-state index in [-0.39, 0.29) is 59.6 Å². The van der Waals surface area contributed by atoms with Gasteiger partial charge in [-0.25, -0.2) is 0 Å². The third-order valence-corrected chi connectivity index (χ3v) is 6.69. The van der Waals surface area contributed by atoms with Crippen molar-refractivity contribution in [2.24, 2.45) is 22.9 Å². The number of benzene rings is 2. The van der Waals surface area contributed by atoms with Gasteiger partial charge in [-0.3, -0.25) is 28.8 Å². The minimum atomic E-state index is -0.928. The highest BCUT2D eigenvalue weighted by Crippen LogP contribution is 2.31. The number of amides is 4. The summed E-state index contributed by atoms with van der Waals surface area (Å²) >= 11 is 0. The van der Waals surface area contributed by atoms with E-state index < -0.39 is 59.4 Å². The zero-order valence-electron chi connectivity index (χ0n) is 23.4. The predicted octanol–water partition coefficient (Wildman–Crippen LogP) is -1.30. The molecule has 4 atom stereocenters. The van der Waals surface area contributed by atoms with Crippen molar-refractivity contribution in [3.05, 3.63) is 58.7 Å². The summed E-state index contributed by atoms with van der Waals surface area (Å²) < 4.78 is 0. The Kier molecular flexibility index (Phi) is 10.6. The number of fused-ring (bicyclic) bond motifs is 2. The molecule has 1 aliphatic rings. The first-order chi connectivity index (χ1) is 19.9. The zero-order valence-corrected chi connectivity index (χ0v) is 23.4. The second kappa shape index (κ2) is 13.9. The maximum atomic E-state index is 13.3. The zero-order chi connectivity index (χ0) is 31.1. The van der Waals surface area contributed by atoms with Gasteiger partial charge in [0.05, 0.1) is 12.1 Å². The molecule has 0 saturated heterocycles. The highest BCUT2D eigenvalue weighted by atomic mass is 16.2. The maximum absolute atomic E-state index is 13.3. The van der Waals surface area contributed by atoms with E-state index in [0.717, 1.165) is 0 Å². The Morgan fingerprint density at radius 2 is 0.976 bits per heavy atom. The molecule has 0 fully saturated rings. The molecule has 0 radical (unpaired) electrons.